The number of aromatic amines is 1. The normalized spacial score (nSPS) is 13.9. The van der Waals surface area contributed by atoms with Crippen molar-refractivity contribution < 1.29 is 18.0 Å². The Labute approximate surface area is 168 Å². The molecule has 154 valence electrons. The Balaban J connectivity index is 1.86. The van der Waals surface area contributed by atoms with Crippen LogP contribution in [-0.2, 0) is 4.79 Å². The van der Waals surface area contributed by atoms with Crippen molar-refractivity contribution in [1.82, 2.24) is 30.2 Å². The molecule has 3 rings (SSSR count). The first-order chi connectivity index (χ1) is 13.6. The van der Waals surface area contributed by atoms with Crippen molar-refractivity contribution in [2.75, 3.05) is 11.9 Å². The molecule has 0 saturated heterocycles. The van der Waals surface area contributed by atoms with Gasteiger partial charge in [0, 0.05) is 23.3 Å². The van der Waals surface area contributed by atoms with Gasteiger partial charge in [-0.15, -0.1) is 0 Å². The van der Waals surface area contributed by atoms with Gasteiger partial charge in [0.2, 0.25) is 11.9 Å². The quantitative estimate of drug-likeness (QED) is 0.557. The van der Waals surface area contributed by atoms with Crippen molar-refractivity contribution in [3.8, 4) is 11.4 Å². The fraction of sp³-hybridized carbons (Fsp3) is 0.353. The van der Waals surface area contributed by atoms with E-state index in [4.69, 9.17) is 11.6 Å². The second-order valence-corrected chi connectivity index (χ2v) is 6.93. The van der Waals surface area contributed by atoms with Gasteiger partial charge in [0.25, 0.3) is 0 Å². The van der Waals surface area contributed by atoms with Gasteiger partial charge in [-0.3, -0.25) is 4.79 Å². The highest BCUT2D eigenvalue weighted by Crippen LogP contribution is 2.27. The summed E-state index contributed by atoms with van der Waals surface area (Å²) in [7, 11) is 0. The lowest BCUT2D eigenvalue weighted by Gasteiger charge is -2.28. The minimum absolute atomic E-state index is 0.0471. The summed E-state index contributed by atoms with van der Waals surface area (Å²) in [5.41, 5.74) is -0.154. The SMILES string of the molecule is CC[C@](C)(Nc1ncnc(-c2c[nH]c3ncc(Cl)cc23)n1)C(=O)NCC(F)(F)F. The van der Waals surface area contributed by atoms with Crippen LogP contribution < -0.4 is 10.6 Å². The molecule has 0 unspecified atom stereocenters. The molecule has 0 aromatic carbocycles. The van der Waals surface area contributed by atoms with Crippen molar-refractivity contribution in [2.45, 2.75) is 32.0 Å². The number of nitrogens with zero attached hydrogens (tertiary/aromatic N) is 4. The number of hydrogen-bond acceptors (Lipinski definition) is 6. The number of nitrogens with one attached hydrogen (secondary N) is 3. The molecule has 0 aliphatic carbocycles. The molecule has 29 heavy (non-hydrogen) atoms. The lowest BCUT2D eigenvalue weighted by Crippen LogP contribution is -2.52. The maximum Gasteiger partial charge on any atom is 0.405 e. The minimum atomic E-state index is -4.50. The Hall–Kier alpha value is -2.95. The summed E-state index contributed by atoms with van der Waals surface area (Å²) in [4.78, 5) is 31.9. The van der Waals surface area contributed by atoms with Crippen LogP contribution in [0.3, 0.4) is 0 Å². The molecule has 12 heteroatoms. The standard InChI is InChI=1S/C17H17ClF3N7O/c1-3-16(2,14(29)24-7-17(19,20)21)28-15-26-8-25-13(27-15)11-6-23-12-10(11)4-9(18)5-22-12/h4-6,8H,3,7H2,1-2H3,(H,22,23)(H,24,29)(H,25,26,27,28)/t16-/m0/s1. The van der Waals surface area contributed by atoms with E-state index in [1.54, 1.807) is 19.2 Å². The molecule has 8 nitrogen and oxygen atoms in total. The van der Waals surface area contributed by atoms with Crippen molar-refractivity contribution in [3.05, 3.63) is 29.8 Å². The zero-order valence-electron chi connectivity index (χ0n) is 15.4. The zero-order valence-corrected chi connectivity index (χ0v) is 16.2. The maximum absolute atomic E-state index is 12.4. The van der Waals surface area contributed by atoms with Crippen LogP contribution >= 0.6 is 11.6 Å². The number of fused-ring (bicyclic) bond motifs is 1. The molecular weight excluding hydrogens is 411 g/mol. The van der Waals surface area contributed by atoms with Crippen LogP contribution in [0.25, 0.3) is 22.4 Å². The maximum atomic E-state index is 12.4. The van der Waals surface area contributed by atoms with E-state index in [1.165, 1.54) is 19.4 Å². The summed E-state index contributed by atoms with van der Waals surface area (Å²) in [5.74, 6) is -0.486. The third-order valence-corrected chi connectivity index (χ3v) is 4.56. The van der Waals surface area contributed by atoms with E-state index in [9.17, 15) is 18.0 Å². The molecule has 0 aliphatic heterocycles. The van der Waals surface area contributed by atoms with E-state index in [-0.39, 0.29) is 18.2 Å². The summed E-state index contributed by atoms with van der Waals surface area (Å²) in [5, 5.41) is 5.82. The number of hydrogen-bond donors (Lipinski definition) is 3. The summed E-state index contributed by atoms with van der Waals surface area (Å²) in [6.07, 6.45) is 0.0871. The van der Waals surface area contributed by atoms with Crippen LogP contribution in [0.4, 0.5) is 19.1 Å². The number of anilines is 1. The number of H-pyrrole nitrogens is 1. The Kier molecular flexibility index (Phi) is 5.60. The fourth-order valence-electron chi connectivity index (χ4n) is 2.58. The number of pyridine rings is 1. The van der Waals surface area contributed by atoms with E-state index < -0.39 is 24.2 Å². The minimum Gasteiger partial charge on any atom is -0.345 e. The highest BCUT2D eigenvalue weighted by Gasteiger charge is 2.35. The van der Waals surface area contributed by atoms with Gasteiger partial charge in [0.15, 0.2) is 5.82 Å². The van der Waals surface area contributed by atoms with Gasteiger partial charge in [0.05, 0.1) is 5.02 Å². The molecule has 3 aromatic rings. The average molecular weight is 428 g/mol. The largest absolute Gasteiger partial charge is 0.405 e. The van der Waals surface area contributed by atoms with Crippen LogP contribution in [-0.4, -0.2) is 49.1 Å². The van der Waals surface area contributed by atoms with Crippen molar-refractivity contribution in [2.24, 2.45) is 0 Å². The Morgan fingerprint density at radius 1 is 1.28 bits per heavy atom. The molecule has 3 heterocycles. The Morgan fingerprint density at radius 2 is 2.03 bits per heavy atom. The molecule has 0 bridgehead atoms. The molecule has 0 fully saturated rings. The molecule has 0 spiro atoms. The molecule has 0 radical (unpaired) electrons. The summed E-state index contributed by atoms with van der Waals surface area (Å²) < 4.78 is 37.2. The molecular formula is C17H17ClF3N7O. The summed E-state index contributed by atoms with van der Waals surface area (Å²) >= 11 is 6.00. The van der Waals surface area contributed by atoms with Gasteiger partial charge >= 0.3 is 6.18 Å². The molecule has 1 amide bonds. The topological polar surface area (TPSA) is 108 Å². The van der Waals surface area contributed by atoms with E-state index in [2.05, 4.69) is 30.2 Å². The lowest BCUT2D eigenvalue weighted by atomic mass is 9.98. The summed E-state index contributed by atoms with van der Waals surface area (Å²) in [6, 6.07) is 1.70. The van der Waals surface area contributed by atoms with Gasteiger partial charge in [0.1, 0.15) is 24.1 Å². The van der Waals surface area contributed by atoms with Crippen LogP contribution in [0.15, 0.2) is 24.8 Å². The van der Waals surface area contributed by atoms with Gasteiger partial charge < -0.3 is 15.6 Å². The van der Waals surface area contributed by atoms with Crippen LogP contribution in [0, 0.1) is 0 Å². The van der Waals surface area contributed by atoms with E-state index in [0.717, 1.165) is 0 Å². The number of carbonyl (C=O) groups excluding carboxylic acids is 1. The Morgan fingerprint density at radius 3 is 2.72 bits per heavy atom. The van der Waals surface area contributed by atoms with E-state index in [0.29, 0.717) is 21.6 Å². The number of alkyl halides is 3. The van der Waals surface area contributed by atoms with Gasteiger partial charge in [-0.2, -0.15) is 18.2 Å². The third kappa shape index (κ3) is 4.73. The number of halogens is 4. The number of amides is 1. The first-order valence-corrected chi connectivity index (χ1v) is 8.94. The van der Waals surface area contributed by atoms with Gasteiger partial charge in [-0.1, -0.05) is 18.5 Å². The molecule has 0 saturated carbocycles. The van der Waals surface area contributed by atoms with Crippen molar-refractivity contribution >= 4 is 34.5 Å². The zero-order chi connectivity index (χ0) is 21.2. The summed E-state index contributed by atoms with van der Waals surface area (Å²) in [6.45, 7) is 1.71. The van der Waals surface area contributed by atoms with Gasteiger partial charge in [-0.25, -0.2) is 15.0 Å². The molecule has 0 aliphatic rings. The van der Waals surface area contributed by atoms with Crippen molar-refractivity contribution in [3.63, 3.8) is 0 Å². The second kappa shape index (κ2) is 7.82. The van der Waals surface area contributed by atoms with E-state index in [1.807, 2.05) is 5.32 Å². The van der Waals surface area contributed by atoms with Crippen LogP contribution in [0.2, 0.25) is 5.02 Å². The number of aromatic nitrogens is 5. The first kappa shape index (κ1) is 20.8. The second-order valence-electron chi connectivity index (χ2n) is 6.49. The average Bonchev–Trinajstić information content (AvgIpc) is 3.08. The molecule has 3 aromatic heterocycles. The van der Waals surface area contributed by atoms with E-state index >= 15 is 0 Å². The number of rotatable bonds is 6. The van der Waals surface area contributed by atoms with Crippen LogP contribution in [0.5, 0.6) is 0 Å². The monoisotopic (exact) mass is 427 g/mol. The third-order valence-electron chi connectivity index (χ3n) is 4.36. The molecule has 1 atom stereocenters. The lowest BCUT2D eigenvalue weighted by molar-refractivity contribution is -0.140. The highest BCUT2D eigenvalue weighted by molar-refractivity contribution is 6.31. The predicted octanol–water partition coefficient (Wildman–Crippen LogP) is 3.33. The number of carbonyl (C=O) groups is 1. The first-order valence-electron chi connectivity index (χ1n) is 8.56. The van der Waals surface area contributed by atoms with Gasteiger partial charge in [-0.05, 0) is 19.4 Å². The Bertz CT molecular complexity index is 1040. The smallest absolute Gasteiger partial charge is 0.345 e. The molecule has 3 N–H and O–H groups in total. The fourth-order valence-corrected chi connectivity index (χ4v) is 2.74. The van der Waals surface area contributed by atoms with Crippen molar-refractivity contribution in [1.29, 1.82) is 0 Å². The predicted molar refractivity (Wildman–Crippen MR) is 101 cm³/mol. The van der Waals surface area contributed by atoms with Crippen LogP contribution in [0.1, 0.15) is 20.3 Å². The highest BCUT2D eigenvalue weighted by atomic mass is 35.5.